The van der Waals surface area contributed by atoms with Crippen molar-refractivity contribution in [2.75, 3.05) is 0 Å². The van der Waals surface area contributed by atoms with E-state index in [1.165, 1.54) is 37.1 Å². The minimum atomic E-state index is -0.722. The number of carbonyl (C=O) groups is 1. The van der Waals surface area contributed by atoms with Crippen LogP contribution >= 0.6 is 11.6 Å². The van der Waals surface area contributed by atoms with Crippen LogP contribution in [0.3, 0.4) is 0 Å². The third-order valence-corrected chi connectivity index (χ3v) is 7.04. The molecule has 29 heavy (non-hydrogen) atoms. The highest BCUT2D eigenvalue weighted by atomic mass is 35.5. The lowest BCUT2D eigenvalue weighted by molar-refractivity contribution is 0.0997. The number of H-pyrrole nitrogens is 1. The molecule has 2 aliphatic carbocycles. The molecule has 3 aromatic rings. The number of pyridine rings is 2. The van der Waals surface area contributed by atoms with Gasteiger partial charge in [-0.05, 0) is 66.7 Å². The molecule has 3 atom stereocenters. The van der Waals surface area contributed by atoms with Crippen molar-refractivity contribution in [2.45, 2.75) is 38.5 Å². The SMILES string of the molecule is Cc1cc([C@@]2(C)CC3C[C@@H]3C2)c(Cl)cc1-c1cc(=O)c2c(C(N)=O)nccc2[nH]1. The zero-order valence-electron chi connectivity index (χ0n) is 16.4. The first-order valence-electron chi connectivity index (χ1n) is 9.90. The molecule has 5 nitrogen and oxygen atoms in total. The average Bonchev–Trinajstić information content (AvgIpc) is 3.29. The van der Waals surface area contributed by atoms with E-state index in [4.69, 9.17) is 17.3 Å². The molecule has 2 aromatic heterocycles. The molecule has 2 heterocycles. The van der Waals surface area contributed by atoms with Gasteiger partial charge in [-0.3, -0.25) is 14.6 Å². The van der Waals surface area contributed by atoms with Gasteiger partial charge in [0, 0.05) is 22.8 Å². The smallest absolute Gasteiger partial charge is 0.268 e. The van der Waals surface area contributed by atoms with Crippen LogP contribution in [0.5, 0.6) is 0 Å². The highest BCUT2D eigenvalue weighted by Gasteiger charge is 2.52. The zero-order chi connectivity index (χ0) is 20.5. The summed E-state index contributed by atoms with van der Waals surface area (Å²) in [6, 6.07) is 7.28. The van der Waals surface area contributed by atoms with Crippen LogP contribution < -0.4 is 11.2 Å². The number of halogens is 1. The van der Waals surface area contributed by atoms with E-state index in [2.05, 4.69) is 23.0 Å². The summed E-state index contributed by atoms with van der Waals surface area (Å²) < 4.78 is 0. The van der Waals surface area contributed by atoms with Gasteiger partial charge in [-0.15, -0.1) is 0 Å². The summed E-state index contributed by atoms with van der Waals surface area (Å²) in [6.07, 6.45) is 5.24. The number of hydrogen-bond donors (Lipinski definition) is 2. The molecule has 2 saturated carbocycles. The van der Waals surface area contributed by atoms with E-state index in [-0.39, 0.29) is 21.9 Å². The number of aryl methyl sites for hydroxylation is 1. The molecule has 0 radical (unpaired) electrons. The third-order valence-electron chi connectivity index (χ3n) is 6.72. The third kappa shape index (κ3) is 2.87. The van der Waals surface area contributed by atoms with E-state index in [1.54, 1.807) is 6.07 Å². The Morgan fingerprint density at radius 1 is 1.28 bits per heavy atom. The first-order valence-corrected chi connectivity index (χ1v) is 10.3. The molecule has 5 rings (SSSR count). The number of fused-ring (bicyclic) bond motifs is 2. The van der Waals surface area contributed by atoms with E-state index < -0.39 is 5.91 Å². The Balaban J connectivity index is 1.63. The molecule has 1 unspecified atom stereocenters. The lowest BCUT2D eigenvalue weighted by Gasteiger charge is -2.28. The number of hydrogen-bond acceptors (Lipinski definition) is 3. The number of carbonyl (C=O) groups excluding carboxylic acids is 1. The van der Waals surface area contributed by atoms with Gasteiger partial charge in [-0.25, -0.2) is 0 Å². The number of aromatic nitrogens is 2. The molecule has 0 saturated heterocycles. The lowest BCUT2D eigenvalue weighted by Crippen LogP contribution is -2.20. The normalized spacial score (nSPS) is 25.2. The van der Waals surface area contributed by atoms with E-state index >= 15 is 0 Å². The van der Waals surface area contributed by atoms with Crippen LogP contribution in [-0.2, 0) is 5.41 Å². The highest BCUT2D eigenvalue weighted by molar-refractivity contribution is 6.31. The van der Waals surface area contributed by atoms with Gasteiger partial charge in [-0.2, -0.15) is 0 Å². The zero-order valence-corrected chi connectivity index (χ0v) is 17.1. The van der Waals surface area contributed by atoms with E-state index in [0.717, 1.165) is 28.0 Å². The molecule has 1 amide bonds. The van der Waals surface area contributed by atoms with Crippen molar-refractivity contribution in [3.63, 3.8) is 0 Å². The number of aromatic amines is 1. The van der Waals surface area contributed by atoms with Gasteiger partial charge in [0.05, 0.1) is 16.6 Å². The second-order valence-electron chi connectivity index (χ2n) is 8.87. The van der Waals surface area contributed by atoms with Crippen LogP contribution in [0.4, 0.5) is 0 Å². The predicted octanol–water partition coefficient (Wildman–Crippen LogP) is 4.34. The second-order valence-corrected chi connectivity index (χ2v) is 9.27. The monoisotopic (exact) mass is 407 g/mol. The Bertz CT molecular complexity index is 1240. The molecule has 148 valence electrons. The molecule has 2 fully saturated rings. The van der Waals surface area contributed by atoms with E-state index in [0.29, 0.717) is 11.2 Å². The van der Waals surface area contributed by atoms with E-state index in [9.17, 15) is 9.59 Å². The van der Waals surface area contributed by atoms with Gasteiger partial charge >= 0.3 is 0 Å². The summed E-state index contributed by atoms with van der Waals surface area (Å²) in [7, 11) is 0. The molecule has 1 aromatic carbocycles. The van der Waals surface area contributed by atoms with Gasteiger partial charge in [0.1, 0.15) is 5.69 Å². The number of nitrogens with zero attached hydrogens (tertiary/aromatic N) is 1. The standard InChI is InChI=1S/C23H22ClN3O2/c1-11-5-15(23(2)9-12-6-13(12)10-23)16(24)7-14(11)18-8-19(28)20-17(27-18)3-4-26-21(20)22(25)29/h3-5,7-8,12-13H,6,9-10H2,1-2H3,(H2,25,29)(H,27,28)/t12-,13?,23-/m1/s1. The quantitative estimate of drug-likeness (QED) is 0.676. The number of nitrogens with one attached hydrogen (secondary N) is 1. The fourth-order valence-electron chi connectivity index (χ4n) is 5.24. The summed E-state index contributed by atoms with van der Waals surface area (Å²) in [5.41, 5.74) is 9.52. The summed E-state index contributed by atoms with van der Waals surface area (Å²) in [6.45, 7) is 4.36. The van der Waals surface area contributed by atoms with Crippen molar-refractivity contribution < 1.29 is 4.79 Å². The van der Waals surface area contributed by atoms with Crippen LogP contribution in [0.15, 0.2) is 35.3 Å². The largest absolute Gasteiger partial charge is 0.364 e. The van der Waals surface area contributed by atoms with Gasteiger partial charge in [0.15, 0.2) is 5.43 Å². The van der Waals surface area contributed by atoms with Crippen molar-refractivity contribution in [3.05, 3.63) is 62.5 Å². The topological polar surface area (TPSA) is 88.8 Å². The highest BCUT2D eigenvalue weighted by Crippen LogP contribution is 2.61. The molecule has 6 heteroatoms. The summed E-state index contributed by atoms with van der Waals surface area (Å²) in [4.78, 5) is 31.6. The van der Waals surface area contributed by atoms with Crippen LogP contribution in [0.25, 0.3) is 22.2 Å². The summed E-state index contributed by atoms with van der Waals surface area (Å²) in [5.74, 6) is 1.00. The Kier molecular flexibility index (Phi) is 3.91. The van der Waals surface area contributed by atoms with Crippen molar-refractivity contribution in [2.24, 2.45) is 17.6 Å². The van der Waals surface area contributed by atoms with E-state index in [1.807, 2.05) is 13.0 Å². The lowest BCUT2D eigenvalue weighted by atomic mass is 9.77. The van der Waals surface area contributed by atoms with Crippen molar-refractivity contribution >= 4 is 28.4 Å². The number of rotatable bonds is 3. The molecule has 3 N–H and O–H groups in total. The van der Waals surface area contributed by atoms with Crippen LogP contribution in [0, 0.1) is 18.8 Å². The molecular formula is C23H22ClN3O2. The maximum Gasteiger partial charge on any atom is 0.268 e. The van der Waals surface area contributed by atoms with Crippen molar-refractivity contribution in [1.82, 2.24) is 9.97 Å². The van der Waals surface area contributed by atoms with Gasteiger partial charge in [-0.1, -0.05) is 24.6 Å². The Labute approximate surface area is 173 Å². The summed E-state index contributed by atoms with van der Waals surface area (Å²) >= 11 is 6.75. The molecule has 0 aliphatic heterocycles. The minimum Gasteiger partial charge on any atom is -0.364 e. The first kappa shape index (κ1) is 18.4. The molecule has 2 aliphatic rings. The van der Waals surface area contributed by atoms with Crippen LogP contribution in [0.1, 0.15) is 47.8 Å². The minimum absolute atomic E-state index is 0.0203. The fourth-order valence-corrected chi connectivity index (χ4v) is 5.63. The van der Waals surface area contributed by atoms with Crippen molar-refractivity contribution in [1.29, 1.82) is 0 Å². The number of primary amides is 1. The summed E-state index contributed by atoms with van der Waals surface area (Å²) in [5, 5.41) is 0.949. The molecule has 0 spiro atoms. The second kappa shape index (κ2) is 6.17. The number of benzene rings is 1. The Morgan fingerprint density at radius 3 is 2.69 bits per heavy atom. The first-order chi connectivity index (χ1) is 13.8. The predicted molar refractivity (Wildman–Crippen MR) is 114 cm³/mol. The fraction of sp³-hybridized carbons (Fsp3) is 0.348. The Morgan fingerprint density at radius 2 is 2.00 bits per heavy atom. The van der Waals surface area contributed by atoms with Gasteiger partial charge in [0.25, 0.3) is 5.91 Å². The maximum atomic E-state index is 12.8. The van der Waals surface area contributed by atoms with Crippen LogP contribution in [-0.4, -0.2) is 15.9 Å². The van der Waals surface area contributed by atoms with Crippen LogP contribution in [0.2, 0.25) is 5.02 Å². The molecular weight excluding hydrogens is 386 g/mol. The number of amides is 1. The average molecular weight is 408 g/mol. The van der Waals surface area contributed by atoms with Crippen molar-refractivity contribution in [3.8, 4) is 11.3 Å². The molecule has 0 bridgehead atoms. The number of nitrogens with two attached hydrogens (primary N) is 1. The maximum absolute atomic E-state index is 12.8. The van der Waals surface area contributed by atoms with Gasteiger partial charge < -0.3 is 10.7 Å². The Hall–Kier alpha value is -2.66. The van der Waals surface area contributed by atoms with Gasteiger partial charge in [0.2, 0.25) is 0 Å².